The fourth-order valence-corrected chi connectivity index (χ4v) is 2.31. The highest BCUT2D eigenvalue weighted by atomic mass is 16.5. The fourth-order valence-electron chi connectivity index (χ4n) is 2.31. The van der Waals surface area contributed by atoms with Crippen LogP contribution in [-0.2, 0) is 4.74 Å². The molecule has 0 aromatic heterocycles. The molecule has 0 spiro atoms. The van der Waals surface area contributed by atoms with Crippen LogP contribution in [0, 0.1) is 5.92 Å². The number of carbonyl (C=O) groups is 2. The van der Waals surface area contributed by atoms with Gasteiger partial charge in [0.15, 0.2) is 0 Å². The Bertz CT molecular complexity index is 494. The van der Waals surface area contributed by atoms with E-state index in [0.717, 1.165) is 25.2 Å². The predicted molar refractivity (Wildman–Crippen MR) is 86.2 cm³/mol. The molecule has 0 amide bonds. The Morgan fingerprint density at radius 2 is 1.59 bits per heavy atom. The summed E-state index contributed by atoms with van der Waals surface area (Å²) in [6.45, 7) is 6.28. The molecular formula is C18H26O4. The Morgan fingerprint density at radius 1 is 1.00 bits per heavy atom. The van der Waals surface area contributed by atoms with Gasteiger partial charge in [-0.1, -0.05) is 45.2 Å². The van der Waals surface area contributed by atoms with Crippen LogP contribution in [0.2, 0.25) is 0 Å². The molecule has 1 aromatic rings. The lowest BCUT2D eigenvalue weighted by atomic mass is 10.0. The predicted octanol–water partition coefficient (Wildman–Crippen LogP) is 4.54. The average molecular weight is 306 g/mol. The Morgan fingerprint density at radius 3 is 2.18 bits per heavy atom. The summed E-state index contributed by atoms with van der Waals surface area (Å²) in [4.78, 5) is 23.2. The van der Waals surface area contributed by atoms with E-state index < -0.39 is 11.9 Å². The van der Waals surface area contributed by atoms with Crippen LogP contribution in [0.4, 0.5) is 0 Å². The number of hydrogen-bond acceptors (Lipinski definition) is 3. The molecule has 1 N–H and O–H groups in total. The minimum Gasteiger partial charge on any atom is -0.478 e. The number of esters is 1. The summed E-state index contributed by atoms with van der Waals surface area (Å²) >= 11 is 0. The van der Waals surface area contributed by atoms with Crippen molar-refractivity contribution in [2.75, 3.05) is 0 Å². The Hall–Kier alpha value is -1.84. The molecule has 0 aliphatic carbocycles. The zero-order chi connectivity index (χ0) is 16.5. The van der Waals surface area contributed by atoms with Crippen molar-refractivity contribution in [3.63, 3.8) is 0 Å². The lowest BCUT2D eigenvalue weighted by Crippen LogP contribution is -2.17. The molecule has 1 rings (SSSR count). The van der Waals surface area contributed by atoms with E-state index in [1.165, 1.54) is 25.0 Å². The van der Waals surface area contributed by atoms with Gasteiger partial charge in [-0.15, -0.1) is 0 Å². The van der Waals surface area contributed by atoms with Crippen molar-refractivity contribution in [2.45, 2.75) is 59.0 Å². The van der Waals surface area contributed by atoms with Gasteiger partial charge in [0.25, 0.3) is 0 Å². The van der Waals surface area contributed by atoms with E-state index in [1.807, 2.05) is 6.92 Å². The zero-order valence-corrected chi connectivity index (χ0v) is 13.7. The van der Waals surface area contributed by atoms with Crippen molar-refractivity contribution in [3.8, 4) is 0 Å². The first kappa shape index (κ1) is 18.2. The highest BCUT2D eigenvalue weighted by Gasteiger charge is 2.18. The van der Waals surface area contributed by atoms with E-state index in [-0.39, 0.29) is 17.2 Å². The molecule has 22 heavy (non-hydrogen) atoms. The zero-order valence-electron chi connectivity index (χ0n) is 13.7. The number of aromatic carboxylic acids is 1. The minimum absolute atomic E-state index is 0.0170. The van der Waals surface area contributed by atoms with Gasteiger partial charge in [0, 0.05) is 0 Å². The Balaban J connectivity index is 2.43. The molecule has 122 valence electrons. The molecule has 4 nitrogen and oxygen atoms in total. The first-order chi connectivity index (χ1) is 10.4. The minimum atomic E-state index is -1.12. The summed E-state index contributed by atoms with van der Waals surface area (Å²) in [6.07, 6.45) is 5.17. The van der Waals surface area contributed by atoms with E-state index >= 15 is 0 Å². The van der Waals surface area contributed by atoms with E-state index in [9.17, 15) is 9.59 Å². The maximum absolute atomic E-state index is 12.1. The number of unbranched alkanes of at least 4 members (excludes halogenated alkanes) is 2. The van der Waals surface area contributed by atoms with Crippen LogP contribution in [0.3, 0.4) is 0 Å². The number of rotatable bonds is 9. The van der Waals surface area contributed by atoms with Crippen molar-refractivity contribution in [1.82, 2.24) is 0 Å². The van der Waals surface area contributed by atoms with Crippen molar-refractivity contribution < 1.29 is 19.4 Å². The number of ether oxygens (including phenoxy) is 1. The number of hydrogen-bond donors (Lipinski definition) is 1. The molecule has 0 heterocycles. The van der Waals surface area contributed by atoms with Crippen molar-refractivity contribution in [3.05, 3.63) is 35.4 Å². The van der Waals surface area contributed by atoms with Crippen LogP contribution in [0.15, 0.2) is 24.3 Å². The van der Waals surface area contributed by atoms with Crippen molar-refractivity contribution >= 4 is 11.9 Å². The van der Waals surface area contributed by atoms with Gasteiger partial charge in [-0.2, -0.15) is 0 Å². The number of carboxylic acids is 1. The van der Waals surface area contributed by atoms with E-state index in [4.69, 9.17) is 9.84 Å². The van der Waals surface area contributed by atoms with E-state index in [2.05, 4.69) is 13.8 Å². The second kappa shape index (κ2) is 9.23. The van der Waals surface area contributed by atoms with Gasteiger partial charge < -0.3 is 9.84 Å². The first-order valence-corrected chi connectivity index (χ1v) is 7.95. The standard InChI is InChI=1S/C18H26O4/c1-13(2)9-5-4-6-10-14(3)22-18(21)16-12-8-7-11-15(16)17(19)20/h7-8,11-14H,4-6,9-10H2,1-3H3,(H,19,20). The summed E-state index contributed by atoms with van der Waals surface area (Å²) in [5.74, 6) is -0.954. The molecule has 0 saturated carbocycles. The van der Waals surface area contributed by atoms with Gasteiger partial charge >= 0.3 is 11.9 Å². The molecule has 0 aliphatic rings. The van der Waals surface area contributed by atoms with Crippen LogP contribution in [-0.4, -0.2) is 23.1 Å². The second-order valence-electron chi connectivity index (χ2n) is 6.10. The molecule has 1 aromatic carbocycles. The Labute approximate surface area is 132 Å². The number of carbonyl (C=O) groups excluding carboxylic acids is 1. The highest BCUT2D eigenvalue weighted by Crippen LogP contribution is 2.15. The highest BCUT2D eigenvalue weighted by molar-refractivity contribution is 6.02. The molecule has 0 aliphatic heterocycles. The molecule has 0 radical (unpaired) electrons. The fraction of sp³-hybridized carbons (Fsp3) is 0.556. The average Bonchev–Trinajstić information content (AvgIpc) is 2.46. The summed E-state index contributed by atoms with van der Waals surface area (Å²) in [7, 11) is 0. The molecule has 1 unspecified atom stereocenters. The maximum Gasteiger partial charge on any atom is 0.339 e. The summed E-state index contributed by atoms with van der Waals surface area (Å²) in [5, 5.41) is 9.09. The van der Waals surface area contributed by atoms with Crippen LogP contribution in [0.1, 0.15) is 73.6 Å². The van der Waals surface area contributed by atoms with Crippen LogP contribution >= 0.6 is 0 Å². The lowest BCUT2D eigenvalue weighted by Gasteiger charge is -2.14. The quantitative estimate of drug-likeness (QED) is 0.537. The van der Waals surface area contributed by atoms with Gasteiger partial charge in [-0.3, -0.25) is 0 Å². The largest absolute Gasteiger partial charge is 0.478 e. The van der Waals surface area contributed by atoms with Crippen LogP contribution < -0.4 is 0 Å². The lowest BCUT2D eigenvalue weighted by molar-refractivity contribution is 0.0313. The molecular weight excluding hydrogens is 280 g/mol. The Kier molecular flexibility index (Phi) is 7.64. The van der Waals surface area contributed by atoms with Crippen molar-refractivity contribution in [2.24, 2.45) is 5.92 Å². The SMILES string of the molecule is CC(C)CCCCCC(C)OC(=O)c1ccccc1C(=O)O. The first-order valence-electron chi connectivity index (χ1n) is 7.95. The van der Waals surface area contributed by atoms with Gasteiger partial charge in [0.1, 0.15) is 0 Å². The monoisotopic (exact) mass is 306 g/mol. The smallest absolute Gasteiger partial charge is 0.339 e. The van der Waals surface area contributed by atoms with Gasteiger partial charge in [-0.05, 0) is 37.8 Å². The third-order valence-corrected chi connectivity index (χ3v) is 3.58. The molecule has 0 bridgehead atoms. The molecule has 4 heteroatoms. The topological polar surface area (TPSA) is 63.6 Å². The van der Waals surface area contributed by atoms with Crippen LogP contribution in [0.25, 0.3) is 0 Å². The van der Waals surface area contributed by atoms with Crippen molar-refractivity contribution in [1.29, 1.82) is 0 Å². The van der Waals surface area contributed by atoms with E-state index in [0.29, 0.717) is 0 Å². The van der Waals surface area contributed by atoms with Crippen LogP contribution in [0.5, 0.6) is 0 Å². The van der Waals surface area contributed by atoms with E-state index in [1.54, 1.807) is 12.1 Å². The second-order valence-corrected chi connectivity index (χ2v) is 6.10. The number of benzene rings is 1. The molecule has 0 fully saturated rings. The summed E-state index contributed by atoms with van der Waals surface area (Å²) in [5.41, 5.74) is 0.0956. The third-order valence-electron chi connectivity index (χ3n) is 3.58. The molecule has 0 saturated heterocycles. The summed E-state index contributed by atoms with van der Waals surface area (Å²) in [6, 6.07) is 6.13. The normalized spacial score (nSPS) is 12.2. The number of carboxylic acid groups (broad SMARTS) is 1. The van der Waals surface area contributed by atoms with Gasteiger partial charge in [0.05, 0.1) is 17.2 Å². The third kappa shape index (κ3) is 6.29. The molecule has 1 atom stereocenters. The van der Waals surface area contributed by atoms with Gasteiger partial charge in [-0.25, -0.2) is 9.59 Å². The summed E-state index contributed by atoms with van der Waals surface area (Å²) < 4.78 is 5.35. The maximum atomic E-state index is 12.1. The van der Waals surface area contributed by atoms with Gasteiger partial charge in [0.2, 0.25) is 0 Å².